The van der Waals surface area contributed by atoms with Crippen molar-refractivity contribution in [2.24, 2.45) is 5.92 Å². The Morgan fingerprint density at radius 1 is 0.911 bits per heavy atom. The largest absolute Gasteiger partial charge is 0.458 e. The number of likely N-dealkylation sites (N-methyl/N-ethyl adjacent to an activating group) is 1. The van der Waals surface area contributed by atoms with Gasteiger partial charge in [0.1, 0.15) is 60.6 Å². The predicted octanol–water partition coefficient (Wildman–Crippen LogP) is 1.81. The van der Waals surface area contributed by atoms with Crippen molar-refractivity contribution in [3.05, 3.63) is 71.3 Å². The summed E-state index contributed by atoms with van der Waals surface area (Å²) in [6.07, 6.45) is -2.02. The van der Waals surface area contributed by atoms with Gasteiger partial charge in [-0.15, -0.1) is 0 Å². The van der Waals surface area contributed by atoms with Gasteiger partial charge in [-0.1, -0.05) is 37.3 Å². The number of hydrogen-bond donors (Lipinski definition) is 3. The Morgan fingerprint density at radius 2 is 1.59 bits per heavy atom. The van der Waals surface area contributed by atoms with E-state index in [-0.39, 0.29) is 44.0 Å². The summed E-state index contributed by atoms with van der Waals surface area (Å²) in [5.74, 6) is -6.35. The van der Waals surface area contributed by atoms with Gasteiger partial charge in [-0.05, 0) is 69.2 Å². The molecule has 3 N–H and O–H groups in total. The number of halogens is 2. The molecule has 0 radical (unpaired) electrons. The first-order valence-electron chi connectivity index (χ1n) is 18.6. The first kappa shape index (κ1) is 41.6. The van der Waals surface area contributed by atoms with Gasteiger partial charge in [-0.2, -0.15) is 0 Å². The van der Waals surface area contributed by atoms with Gasteiger partial charge in [0.15, 0.2) is 0 Å². The predicted molar refractivity (Wildman–Crippen MR) is 195 cm³/mol. The summed E-state index contributed by atoms with van der Waals surface area (Å²) in [5, 5.41) is 7.63. The maximum absolute atomic E-state index is 14.5. The van der Waals surface area contributed by atoms with E-state index in [9.17, 15) is 42.3 Å². The fourth-order valence-electron chi connectivity index (χ4n) is 7.27. The van der Waals surface area contributed by atoms with Crippen molar-refractivity contribution in [3.8, 4) is 0 Å². The smallest absolute Gasteiger partial charge is 0.408 e. The minimum atomic E-state index is -1.64. The minimum Gasteiger partial charge on any atom is -0.458 e. The number of cyclic esters (lactones) is 1. The van der Waals surface area contributed by atoms with E-state index < -0.39 is 102 Å². The number of ether oxygens (including phenoxy) is 2. The van der Waals surface area contributed by atoms with Crippen LogP contribution in [-0.2, 0) is 51.3 Å². The molecular formula is C39H48F2N6O9. The average Bonchev–Trinajstić information content (AvgIpc) is 3.81. The van der Waals surface area contributed by atoms with Gasteiger partial charge in [-0.25, -0.2) is 18.4 Å². The van der Waals surface area contributed by atoms with E-state index >= 15 is 0 Å². The number of carbonyl (C=O) groups is 7. The van der Waals surface area contributed by atoms with E-state index in [1.165, 1.54) is 42.5 Å². The molecule has 56 heavy (non-hydrogen) atoms. The van der Waals surface area contributed by atoms with Crippen LogP contribution in [0, 0.1) is 17.6 Å². The Labute approximate surface area is 323 Å². The molecule has 3 aliphatic heterocycles. The van der Waals surface area contributed by atoms with Crippen LogP contribution in [0.1, 0.15) is 58.1 Å². The lowest BCUT2D eigenvalue weighted by Gasteiger charge is -2.36. The summed E-state index contributed by atoms with van der Waals surface area (Å²) < 4.78 is 39.6. The van der Waals surface area contributed by atoms with Crippen LogP contribution in [0.2, 0.25) is 0 Å². The second-order valence-electron chi connectivity index (χ2n) is 14.8. The number of rotatable bonds is 7. The van der Waals surface area contributed by atoms with Gasteiger partial charge < -0.3 is 40.1 Å². The van der Waals surface area contributed by atoms with Gasteiger partial charge in [0.05, 0.1) is 0 Å². The molecule has 6 amide bonds. The zero-order valence-electron chi connectivity index (χ0n) is 32.0. The fourth-order valence-corrected chi connectivity index (χ4v) is 7.27. The van der Waals surface area contributed by atoms with Crippen LogP contribution >= 0.6 is 0 Å². The highest BCUT2D eigenvalue weighted by Gasteiger charge is 2.46. The molecule has 8 atom stereocenters. The lowest BCUT2D eigenvalue weighted by atomic mass is 10.0. The number of nitrogens with one attached hydrogen (secondary N) is 3. The van der Waals surface area contributed by atoms with E-state index in [1.807, 2.05) is 6.92 Å². The van der Waals surface area contributed by atoms with Crippen LogP contribution in [0.4, 0.5) is 13.6 Å². The molecule has 2 aromatic carbocycles. The quantitative estimate of drug-likeness (QED) is 0.353. The summed E-state index contributed by atoms with van der Waals surface area (Å²) in [4.78, 5) is 99.9. The van der Waals surface area contributed by atoms with Crippen molar-refractivity contribution in [1.82, 2.24) is 30.7 Å². The number of fused-ring (bicyclic) bond motifs is 2. The van der Waals surface area contributed by atoms with Crippen molar-refractivity contribution < 1.29 is 51.8 Å². The molecule has 302 valence electrons. The number of hydrogen-bond acceptors (Lipinski definition) is 9. The Hall–Kier alpha value is -5.61. The van der Waals surface area contributed by atoms with Crippen LogP contribution in [0.25, 0.3) is 0 Å². The molecule has 3 aliphatic rings. The SMILES string of the molecule is C[C@H]1C[C@H]2C(=O)O[C@@H](C)[C@H](NC(=O)[C@H](Cc3cc(F)cc(F)c3)NC(=O)OCc3ccccc3)C(=O)N3CCC[C@H]3C(=O)N(C)[C@@H](C)C(=O)N[C@@H](C)C(=O)N2C1. The number of carbonyl (C=O) groups excluding carboxylic acids is 7. The van der Waals surface area contributed by atoms with Gasteiger partial charge in [0, 0.05) is 32.6 Å². The summed E-state index contributed by atoms with van der Waals surface area (Å²) in [6.45, 7) is 6.29. The zero-order valence-corrected chi connectivity index (χ0v) is 32.0. The third-order valence-corrected chi connectivity index (χ3v) is 10.4. The average molecular weight is 783 g/mol. The van der Waals surface area contributed by atoms with E-state index in [0.29, 0.717) is 18.1 Å². The van der Waals surface area contributed by atoms with Crippen molar-refractivity contribution in [2.45, 2.75) is 102 Å². The highest BCUT2D eigenvalue weighted by Crippen LogP contribution is 2.27. The topological polar surface area (TPSA) is 184 Å². The van der Waals surface area contributed by atoms with Gasteiger partial charge in [0.2, 0.25) is 29.5 Å². The molecule has 17 heteroatoms. The number of amides is 6. The van der Waals surface area contributed by atoms with Gasteiger partial charge in [-0.3, -0.25) is 24.0 Å². The molecule has 0 aromatic heterocycles. The lowest BCUT2D eigenvalue weighted by molar-refractivity contribution is -0.162. The summed E-state index contributed by atoms with van der Waals surface area (Å²) in [6, 6.07) is 3.85. The molecule has 0 spiro atoms. The summed E-state index contributed by atoms with van der Waals surface area (Å²) in [7, 11) is 1.41. The molecule has 15 nitrogen and oxygen atoms in total. The van der Waals surface area contributed by atoms with Crippen LogP contribution < -0.4 is 16.0 Å². The normalized spacial score (nSPS) is 26.9. The van der Waals surface area contributed by atoms with Crippen LogP contribution in [-0.4, -0.2) is 119 Å². The summed E-state index contributed by atoms with van der Waals surface area (Å²) >= 11 is 0. The minimum absolute atomic E-state index is 0.00413. The Bertz CT molecular complexity index is 1810. The van der Waals surface area contributed by atoms with Crippen LogP contribution in [0.15, 0.2) is 48.5 Å². The first-order chi connectivity index (χ1) is 26.5. The monoisotopic (exact) mass is 782 g/mol. The van der Waals surface area contributed by atoms with Crippen molar-refractivity contribution in [2.75, 3.05) is 20.1 Å². The maximum atomic E-state index is 14.5. The van der Waals surface area contributed by atoms with E-state index in [2.05, 4.69) is 16.0 Å². The highest BCUT2D eigenvalue weighted by molar-refractivity contribution is 5.97. The molecule has 0 unspecified atom stereocenters. The number of alkyl carbamates (subject to hydrolysis) is 1. The molecule has 0 bridgehead atoms. The second kappa shape index (κ2) is 17.9. The highest BCUT2D eigenvalue weighted by atomic mass is 19.1. The summed E-state index contributed by atoms with van der Waals surface area (Å²) in [5.41, 5.74) is 0.639. The molecular weight excluding hydrogens is 734 g/mol. The molecule has 3 heterocycles. The molecule has 0 aliphatic carbocycles. The van der Waals surface area contributed by atoms with Crippen LogP contribution in [0.5, 0.6) is 0 Å². The van der Waals surface area contributed by atoms with Crippen molar-refractivity contribution >= 4 is 41.6 Å². The molecule has 5 rings (SSSR count). The Balaban J connectivity index is 1.47. The zero-order chi connectivity index (χ0) is 40.8. The van der Waals surface area contributed by atoms with Crippen molar-refractivity contribution in [1.29, 1.82) is 0 Å². The molecule has 3 saturated heterocycles. The fraction of sp³-hybridized carbons (Fsp3) is 0.513. The third-order valence-electron chi connectivity index (χ3n) is 10.4. The standard InChI is InChI=1S/C39H48F2N6O9/c1-21-14-31-38(53)56-24(4)32(37(52)46-13-9-12-30(46)36(51)45(5)23(3)33(48)42-22(2)35(50)47(31)19-21)44-34(49)29(17-26-15-27(40)18-28(41)16-26)43-39(54)55-20-25-10-7-6-8-11-25/h6-8,10-11,15-16,18,21-24,29-32H,9,12-14,17,19-20H2,1-5H3,(H,42,48)(H,43,54)(H,44,49)/t21-,22-,23-,24-,29-,30-,31-,32-/m0/s1. The molecule has 3 fully saturated rings. The van der Waals surface area contributed by atoms with E-state index in [4.69, 9.17) is 9.47 Å². The lowest BCUT2D eigenvalue weighted by Crippen LogP contribution is -2.62. The van der Waals surface area contributed by atoms with Crippen LogP contribution in [0.3, 0.4) is 0 Å². The van der Waals surface area contributed by atoms with E-state index in [0.717, 1.165) is 12.1 Å². The van der Waals surface area contributed by atoms with Gasteiger partial charge in [0.25, 0.3) is 0 Å². The number of esters is 1. The number of nitrogens with zero attached hydrogens (tertiary/aromatic N) is 3. The van der Waals surface area contributed by atoms with Crippen molar-refractivity contribution in [3.63, 3.8) is 0 Å². The maximum Gasteiger partial charge on any atom is 0.408 e. The Kier molecular flexibility index (Phi) is 13.3. The molecule has 0 saturated carbocycles. The first-order valence-corrected chi connectivity index (χ1v) is 18.6. The van der Waals surface area contributed by atoms with E-state index in [1.54, 1.807) is 30.3 Å². The second-order valence-corrected chi connectivity index (χ2v) is 14.8. The van der Waals surface area contributed by atoms with Gasteiger partial charge >= 0.3 is 12.1 Å². The third kappa shape index (κ3) is 9.78. The Morgan fingerprint density at radius 3 is 2.27 bits per heavy atom. The molecule has 2 aromatic rings. The number of benzene rings is 2.